The van der Waals surface area contributed by atoms with Gasteiger partial charge in [-0.15, -0.1) is 11.3 Å². The van der Waals surface area contributed by atoms with Crippen molar-refractivity contribution < 1.29 is 31.9 Å². The van der Waals surface area contributed by atoms with Crippen LogP contribution in [0.15, 0.2) is 65.0 Å². The molecule has 9 nitrogen and oxygen atoms in total. The van der Waals surface area contributed by atoms with Gasteiger partial charge in [0.2, 0.25) is 5.91 Å². The van der Waals surface area contributed by atoms with Crippen molar-refractivity contribution in [3.05, 3.63) is 81.8 Å². The minimum Gasteiger partial charge on any atom is -0.457 e. The first kappa shape index (κ1) is 30.5. The summed E-state index contributed by atoms with van der Waals surface area (Å²) in [7, 11) is 0. The van der Waals surface area contributed by atoms with Crippen LogP contribution in [0.25, 0.3) is 0 Å². The fourth-order valence-corrected chi connectivity index (χ4v) is 5.29. The van der Waals surface area contributed by atoms with Crippen molar-refractivity contribution in [2.75, 3.05) is 13.1 Å². The summed E-state index contributed by atoms with van der Waals surface area (Å²) in [6.45, 7) is 0.529. The van der Waals surface area contributed by atoms with Gasteiger partial charge in [-0.05, 0) is 67.9 Å². The van der Waals surface area contributed by atoms with Crippen molar-refractivity contribution in [3.63, 3.8) is 0 Å². The fraction of sp³-hybridized carbons (Fsp3) is 0.286. The number of aliphatic imine (C=N–C) groups is 1. The molecular formula is C28H28F4N6O3S. The molecule has 1 saturated heterocycles. The van der Waals surface area contributed by atoms with Gasteiger partial charge in [-0.1, -0.05) is 0 Å². The second-order valence-corrected chi connectivity index (χ2v) is 10.6. The molecular weight excluding hydrogens is 576 g/mol. The molecule has 1 aromatic heterocycles. The lowest BCUT2D eigenvalue weighted by Crippen LogP contribution is -2.47. The molecule has 222 valence electrons. The largest absolute Gasteiger partial charge is 0.457 e. The lowest BCUT2D eigenvalue weighted by Gasteiger charge is -2.25. The zero-order valence-electron chi connectivity index (χ0n) is 22.3. The third-order valence-electron chi connectivity index (χ3n) is 6.68. The van der Waals surface area contributed by atoms with Gasteiger partial charge in [0.05, 0.1) is 24.5 Å². The Kier molecular flexibility index (Phi) is 9.14. The number of hydrogen-bond acceptors (Lipinski definition) is 6. The lowest BCUT2D eigenvalue weighted by molar-refractivity contribution is -0.171. The fourth-order valence-electron chi connectivity index (χ4n) is 4.39. The number of nitrogens with one attached hydrogen (secondary N) is 2. The molecule has 4 rings (SSSR count). The van der Waals surface area contributed by atoms with Crippen molar-refractivity contribution >= 4 is 34.8 Å². The summed E-state index contributed by atoms with van der Waals surface area (Å²) in [6, 6.07) is 11.3. The summed E-state index contributed by atoms with van der Waals surface area (Å²) in [5.41, 5.74) is 12.3. The molecule has 0 radical (unpaired) electrons. The van der Waals surface area contributed by atoms with E-state index in [1.165, 1.54) is 59.9 Å². The number of hydrogen-bond donors (Lipinski definition) is 4. The second kappa shape index (κ2) is 12.6. The molecule has 1 fully saturated rings. The smallest absolute Gasteiger partial charge is 0.393 e. The molecule has 0 bridgehead atoms. The molecule has 0 spiro atoms. The number of alkyl halides is 3. The number of nitrogens with two attached hydrogens (primary N) is 2. The Balaban J connectivity index is 1.41. The van der Waals surface area contributed by atoms with Crippen LogP contribution in [-0.4, -0.2) is 53.7 Å². The Morgan fingerprint density at radius 3 is 2.31 bits per heavy atom. The molecule has 2 amide bonds. The quantitative estimate of drug-likeness (QED) is 0.160. The Hall–Kier alpha value is -4.46. The first-order chi connectivity index (χ1) is 19.8. The maximum absolute atomic E-state index is 13.6. The Morgan fingerprint density at radius 2 is 1.74 bits per heavy atom. The first-order valence-electron chi connectivity index (χ1n) is 12.8. The summed E-state index contributed by atoms with van der Waals surface area (Å²) < 4.78 is 59.5. The highest BCUT2D eigenvalue weighted by molar-refractivity contribution is 7.10. The number of benzene rings is 2. The summed E-state index contributed by atoms with van der Waals surface area (Å²) in [5, 5.41) is 11.6. The van der Waals surface area contributed by atoms with Crippen LogP contribution in [0.5, 0.6) is 11.5 Å². The first-order valence-corrected chi connectivity index (χ1v) is 13.6. The number of carbonyl (C=O) groups excluding carboxylic acids is 2. The van der Waals surface area contributed by atoms with E-state index in [2.05, 4.69) is 10.3 Å². The summed E-state index contributed by atoms with van der Waals surface area (Å²) >= 11 is 1.28. The van der Waals surface area contributed by atoms with Gasteiger partial charge in [0.25, 0.3) is 5.91 Å². The van der Waals surface area contributed by atoms with Crippen LogP contribution in [0.3, 0.4) is 0 Å². The van der Waals surface area contributed by atoms with Crippen LogP contribution in [-0.2, 0) is 4.79 Å². The summed E-state index contributed by atoms with van der Waals surface area (Å²) in [5.74, 6) is -3.05. The van der Waals surface area contributed by atoms with E-state index in [0.717, 1.165) is 4.90 Å². The number of halogens is 4. The van der Waals surface area contributed by atoms with Crippen molar-refractivity contribution in [2.45, 2.75) is 31.6 Å². The van der Waals surface area contributed by atoms with E-state index < -0.39 is 61.3 Å². The van der Waals surface area contributed by atoms with E-state index in [0.29, 0.717) is 21.9 Å². The normalized spacial score (nSPS) is 18.0. The number of nitrogen functional groups attached to an aromatic ring is 1. The minimum absolute atomic E-state index is 0.126. The van der Waals surface area contributed by atoms with E-state index >= 15 is 0 Å². The standard InChI is InChI=1S/C28H28F4N6O3S/c1-15(23-10-17(14-42-23)25(33)34)37-26(35)22-11-18(28(30,31)32)13-38(22)24(39)12-36-27(40)16-2-6-20(7-3-16)41-21-8-4-19(29)5-9-21/h2-10,14-15,18,22H,11-13H2,1H3,(H3,33,34)(H2,35,37)(H,36,40)/t15-,18-,22+/m1/s1. The number of nitrogens with zero attached hydrogens (tertiary/aromatic N) is 2. The minimum atomic E-state index is -4.55. The molecule has 1 aliphatic rings. The number of carbonyl (C=O) groups is 2. The predicted molar refractivity (Wildman–Crippen MR) is 150 cm³/mol. The van der Waals surface area contributed by atoms with Crippen molar-refractivity contribution in [1.82, 2.24) is 10.2 Å². The van der Waals surface area contributed by atoms with Gasteiger partial charge in [-0.3, -0.25) is 20.0 Å². The van der Waals surface area contributed by atoms with Gasteiger partial charge in [-0.2, -0.15) is 13.2 Å². The Bertz CT molecular complexity index is 1470. The highest BCUT2D eigenvalue weighted by Crippen LogP contribution is 2.37. The summed E-state index contributed by atoms with van der Waals surface area (Å²) in [4.78, 5) is 31.7. The molecule has 2 heterocycles. The Labute approximate surface area is 242 Å². The third kappa shape index (κ3) is 7.43. The van der Waals surface area contributed by atoms with E-state index in [1.54, 1.807) is 18.4 Å². The Morgan fingerprint density at radius 1 is 1.12 bits per heavy atom. The molecule has 3 atom stereocenters. The van der Waals surface area contributed by atoms with Crippen molar-refractivity contribution in [3.8, 4) is 11.5 Å². The number of thiophene rings is 1. The summed E-state index contributed by atoms with van der Waals surface area (Å²) in [6.07, 6.45) is -5.01. The van der Waals surface area contributed by atoms with E-state index in [1.807, 2.05) is 0 Å². The van der Waals surface area contributed by atoms with Gasteiger partial charge in [-0.25, -0.2) is 4.39 Å². The van der Waals surface area contributed by atoms with Gasteiger partial charge in [0.15, 0.2) is 0 Å². The van der Waals surface area contributed by atoms with Gasteiger partial charge < -0.3 is 26.4 Å². The van der Waals surface area contributed by atoms with Gasteiger partial charge >= 0.3 is 6.18 Å². The van der Waals surface area contributed by atoms with Crippen molar-refractivity contribution in [2.24, 2.45) is 22.4 Å². The third-order valence-corrected chi connectivity index (χ3v) is 7.78. The molecule has 42 heavy (non-hydrogen) atoms. The predicted octanol–water partition coefficient (Wildman–Crippen LogP) is 4.59. The molecule has 0 aliphatic carbocycles. The highest BCUT2D eigenvalue weighted by Gasteiger charge is 2.49. The average molecular weight is 605 g/mol. The topological polar surface area (TPSA) is 147 Å². The lowest BCUT2D eigenvalue weighted by atomic mass is 10.0. The second-order valence-electron chi connectivity index (χ2n) is 9.68. The van der Waals surface area contributed by atoms with Gasteiger partial charge in [0.1, 0.15) is 29.0 Å². The molecule has 0 unspecified atom stereocenters. The van der Waals surface area contributed by atoms with Crippen molar-refractivity contribution in [1.29, 1.82) is 5.41 Å². The van der Waals surface area contributed by atoms with E-state index in [-0.39, 0.29) is 17.2 Å². The number of amides is 2. The number of likely N-dealkylation sites (tertiary alicyclic amines) is 1. The molecule has 14 heteroatoms. The van der Waals surface area contributed by atoms with E-state index in [4.69, 9.17) is 21.6 Å². The zero-order chi connectivity index (χ0) is 30.6. The number of rotatable bonds is 9. The molecule has 3 aromatic rings. The maximum atomic E-state index is 13.6. The highest BCUT2D eigenvalue weighted by atomic mass is 32.1. The van der Waals surface area contributed by atoms with Crippen LogP contribution in [0, 0.1) is 17.1 Å². The van der Waals surface area contributed by atoms with Crippen LogP contribution in [0.4, 0.5) is 17.6 Å². The van der Waals surface area contributed by atoms with Crippen LogP contribution < -0.4 is 21.5 Å². The monoisotopic (exact) mass is 604 g/mol. The number of ether oxygens (including phenoxy) is 1. The van der Waals surface area contributed by atoms with Crippen LogP contribution in [0.1, 0.15) is 40.2 Å². The molecule has 6 N–H and O–H groups in total. The zero-order valence-corrected chi connectivity index (χ0v) is 23.1. The number of amidine groups is 2. The average Bonchev–Trinajstić information content (AvgIpc) is 3.62. The van der Waals surface area contributed by atoms with Crippen LogP contribution >= 0.6 is 11.3 Å². The molecule has 2 aromatic carbocycles. The maximum Gasteiger partial charge on any atom is 0.393 e. The molecule has 1 aliphatic heterocycles. The molecule has 0 saturated carbocycles. The SMILES string of the molecule is C[C@@H](N=C(N)[C@@H]1C[C@@H](C(F)(F)F)CN1C(=O)CNC(=O)c1ccc(Oc2ccc(F)cc2)cc1)c1cc(C(=N)N)cs1. The van der Waals surface area contributed by atoms with Crippen LogP contribution in [0.2, 0.25) is 0 Å². The van der Waals surface area contributed by atoms with E-state index in [9.17, 15) is 27.2 Å². The van der Waals surface area contributed by atoms with Gasteiger partial charge in [0, 0.05) is 27.9 Å².